The summed E-state index contributed by atoms with van der Waals surface area (Å²) in [4.78, 5) is 2.34. The van der Waals surface area contributed by atoms with Crippen molar-refractivity contribution in [3.05, 3.63) is 35.9 Å². The molecule has 0 spiro atoms. The summed E-state index contributed by atoms with van der Waals surface area (Å²) >= 11 is 0. The van der Waals surface area contributed by atoms with Crippen LogP contribution in [0.3, 0.4) is 0 Å². The largest absolute Gasteiger partial charge is 0.390 e. The van der Waals surface area contributed by atoms with Crippen molar-refractivity contribution in [2.24, 2.45) is 0 Å². The van der Waals surface area contributed by atoms with E-state index in [1.165, 1.54) is 5.56 Å². The third-order valence-corrected chi connectivity index (χ3v) is 3.10. The molecule has 0 aliphatic rings. The zero-order valence-electron chi connectivity index (χ0n) is 12.5. The summed E-state index contributed by atoms with van der Waals surface area (Å²) in [6.45, 7) is 7.68. The number of benzene rings is 1. The second-order valence-electron chi connectivity index (χ2n) is 5.89. The SMILES string of the molecule is CN(CCCNCCC(C)(C)O)Cc1ccccc1. The predicted molar refractivity (Wildman–Crippen MR) is 81.2 cm³/mol. The second-order valence-corrected chi connectivity index (χ2v) is 5.89. The third kappa shape index (κ3) is 8.76. The molecule has 0 bridgehead atoms. The Kier molecular flexibility index (Phi) is 7.06. The molecule has 0 aliphatic carbocycles. The lowest BCUT2D eigenvalue weighted by atomic mass is 10.1. The van der Waals surface area contributed by atoms with Crippen LogP contribution in [0, 0.1) is 0 Å². The molecule has 0 atom stereocenters. The molecule has 0 amide bonds. The first kappa shape index (κ1) is 16.2. The topological polar surface area (TPSA) is 35.5 Å². The second kappa shape index (κ2) is 8.31. The summed E-state index contributed by atoms with van der Waals surface area (Å²) < 4.78 is 0. The first-order valence-electron chi connectivity index (χ1n) is 7.13. The van der Waals surface area contributed by atoms with E-state index in [1.54, 1.807) is 0 Å². The lowest BCUT2D eigenvalue weighted by Crippen LogP contribution is -2.29. The quantitative estimate of drug-likeness (QED) is 0.672. The molecule has 0 saturated heterocycles. The van der Waals surface area contributed by atoms with Gasteiger partial charge in [0.2, 0.25) is 0 Å². The van der Waals surface area contributed by atoms with E-state index in [4.69, 9.17) is 0 Å². The van der Waals surface area contributed by atoms with Crippen LogP contribution >= 0.6 is 0 Å². The van der Waals surface area contributed by atoms with Crippen molar-refractivity contribution in [3.63, 3.8) is 0 Å². The molecule has 0 saturated carbocycles. The summed E-state index contributed by atoms with van der Waals surface area (Å²) in [7, 11) is 2.16. The Labute approximate surface area is 117 Å². The Bertz CT molecular complexity index is 332. The summed E-state index contributed by atoms with van der Waals surface area (Å²) in [5.74, 6) is 0. The molecule has 3 heteroatoms. The molecule has 0 heterocycles. The van der Waals surface area contributed by atoms with Crippen molar-refractivity contribution in [3.8, 4) is 0 Å². The minimum atomic E-state index is -0.558. The van der Waals surface area contributed by atoms with Crippen LogP contribution in [-0.2, 0) is 6.54 Å². The summed E-state index contributed by atoms with van der Waals surface area (Å²) in [5, 5.41) is 13.0. The molecule has 0 radical (unpaired) electrons. The van der Waals surface area contributed by atoms with E-state index in [0.717, 1.165) is 39.0 Å². The summed E-state index contributed by atoms with van der Waals surface area (Å²) in [6, 6.07) is 10.6. The maximum Gasteiger partial charge on any atom is 0.0603 e. The van der Waals surface area contributed by atoms with Crippen molar-refractivity contribution in [1.82, 2.24) is 10.2 Å². The van der Waals surface area contributed by atoms with Crippen LogP contribution in [0.5, 0.6) is 0 Å². The van der Waals surface area contributed by atoms with Crippen molar-refractivity contribution in [2.75, 3.05) is 26.7 Å². The van der Waals surface area contributed by atoms with E-state index in [2.05, 4.69) is 47.6 Å². The van der Waals surface area contributed by atoms with Gasteiger partial charge in [-0.25, -0.2) is 0 Å². The Hall–Kier alpha value is -0.900. The highest BCUT2D eigenvalue weighted by Gasteiger charge is 2.10. The lowest BCUT2D eigenvalue weighted by Gasteiger charge is -2.18. The Morgan fingerprint density at radius 3 is 2.47 bits per heavy atom. The summed E-state index contributed by atoms with van der Waals surface area (Å²) in [5.41, 5.74) is 0.803. The molecule has 1 aromatic rings. The van der Waals surface area contributed by atoms with Gasteiger partial charge in [0.25, 0.3) is 0 Å². The normalized spacial score (nSPS) is 12.1. The number of nitrogens with zero attached hydrogens (tertiary/aromatic N) is 1. The van der Waals surface area contributed by atoms with Crippen LogP contribution in [-0.4, -0.2) is 42.3 Å². The van der Waals surface area contributed by atoms with Gasteiger partial charge in [0.1, 0.15) is 0 Å². The predicted octanol–water partition coefficient (Wildman–Crippen LogP) is 2.26. The fraction of sp³-hybridized carbons (Fsp3) is 0.625. The van der Waals surface area contributed by atoms with Crippen molar-refractivity contribution >= 4 is 0 Å². The minimum absolute atomic E-state index is 0.558. The molecular weight excluding hydrogens is 236 g/mol. The van der Waals surface area contributed by atoms with Crippen molar-refractivity contribution in [1.29, 1.82) is 0 Å². The molecule has 1 aromatic carbocycles. The molecule has 2 N–H and O–H groups in total. The Morgan fingerprint density at radius 2 is 1.84 bits per heavy atom. The highest BCUT2D eigenvalue weighted by Crippen LogP contribution is 2.05. The van der Waals surface area contributed by atoms with Gasteiger partial charge in [-0.1, -0.05) is 30.3 Å². The number of rotatable bonds is 9. The molecular formula is C16H28N2O. The molecule has 0 fully saturated rings. The van der Waals surface area contributed by atoms with Crippen LogP contribution in [0.2, 0.25) is 0 Å². The first-order valence-corrected chi connectivity index (χ1v) is 7.13. The molecule has 108 valence electrons. The van der Waals surface area contributed by atoms with E-state index in [-0.39, 0.29) is 0 Å². The van der Waals surface area contributed by atoms with Gasteiger partial charge < -0.3 is 15.3 Å². The van der Waals surface area contributed by atoms with E-state index >= 15 is 0 Å². The minimum Gasteiger partial charge on any atom is -0.390 e. The average Bonchev–Trinajstić information content (AvgIpc) is 2.33. The number of nitrogens with one attached hydrogen (secondary N) is 1. The van der Waals surface area contributed by atoms with Crippen LogP contribution in [0.15, 0.2) is 30.3 Å². The molecule has 19 heavy (non-hydrogen) atoms. The molecule has 3 nitrogen and oxygen atoms in total. The van der Waals surface area contributed by atoms with Gasteiger partial charge in [0.05, 0.1) is 5.60 Å². The molecule has 0 aliphatic heterocycles. The number of hydrogen-bond acceptors (Lipinski definition) is 3. The zero-order valence-corrected chi connectivity index (χ0v) is 12.5. The lowest BCUT2D eigenvalue weighted by molar-refractivity contribution is 0.0712. The van der Waals surface area contributed by atoms with Gasteiger partial charge in [-0.15, -0.1) is 0 Å². The van der Waals surface area contributed by atoms with Crippen LogP contribution in [0.1, 0.15) is 32.3 Å². The van der Waals surface area contributed by atoms with Crippen LogP contribution in [0.25, 0.3) is 0 Å². The van der Waals surface area contributed by atoms with Gasteiger partial charge >= 0.3 is 0 Å². The highest BCUT2D eigenvalue weighted by molar-refractivity contribution is 5.14. The zero-order chi connectivity index (χ0) is 14.1. The van der Waals surface area contributed by atoms with Gasteiger partial charge in [-0.2, -0.15) is 0 Å². The van der Waals surface area contributed by atoms with E-state index in [9.17, 15) is 5.11 Å². The fourth-order valence-electron chi connectivity index (χ4n) is 1.97. The highest BCUT2D eigenvalue weighted by atomic mass is 16.3. The van der Waals surface area contributed by atoms with Crippen LogP contribution < -0.4 is 5.32 Å². The van der Waals surface area contributed by atoms with Crippen molar-refractivity contribution < 1.29 is 5.11 Å². The van der Waals surface area contributed by atoms with Gasteiger partial charge in [0, 0.05) is 6.54 Å². The number of aliphatic hydroxyl groups is 1. The first-order chi connectivity index (χ1) is 8.97. The maximum atomic E-state index is 9.58. The van der Waals surface area contributed by atoms with Crippen molar-refractivity contribution in [2.45, 2.75) is 38.8 Å². The third-order valence-electron chi connectivity index (χ3n) is 3.10. The smallest absolute Gasteiger partial charge is 0.0603 e. The molecule has 0 aromatic heterocycles. The Morgan fingerprint density at radius 1 is 1.16 bits per heavy atom. The van der Waals surface area contributed by atoms with E-state index in [1.807, 2.05) is 13.8 Å². The van der Waals surface area contributed by atoms with E-state index in [0.29, 0.717) is 0 Å². The summed E-state index contributed by atoms with van der Waals surface area (Å²) in [6.07, 6.45) is 1.93. The van der Waals surface area contributed by atoms with Gasteiger partial charge in [0.15, 0.2) is 0 Å². The Balaban J connectivity index is 2.03. The molecule has 0 unspecified atom stereocenters. The fourth-order valence-corrected chi connectivity index (χ4v) is 1.97. The van der Waals surface area contributed by atoms with E-state index < -0.39 is 5.60 Å². The maximum absolute atomic E-state index is 9.58. The number of hydrogen-bond donors (Lipinski definition) is 2. The average molecular weight is 264 g/mol. The van der Waals surface area contributed by atoms with Gasteiger partial charge in [-0.3, -0.25) is 0 Å². The molecule has 1 rings (SSSR count). The van der Waals surface area contributed by atoms with Gasteiger partial charge in [-0.05, 0) is 58.9 Å². The standard InChI is InChI=1S/C16H28N2O/c1-16(2,19)10-12-17-11-7-13-18(3)14-15-8-5-4-6-9-15/h4-6,8-9,17,19H,7,10-14H2,1-3H3. The van der Waals surface area contributed by atoms with Crippen LogP contribution in [0.4, 0.5) is 0 Å². The monoisotopic (exact) mass is 264 g/mol.